The maximum atomic E-state index is 12.7. The molecule has 1 fully saturated rings. The molecule has 0 radical (unpaired) electrons. The lowest BCUT2D eigenvalue weighted by molar-refractivity contribution is -0.121. The van der Waals surface area contributed by atoms with E-state index in [0.717, 1.165) is 36.0 Å². The molecule has 24 heavy (non-hydrogen) atoms. The van der Waals surface area contributed by atoms with Crippen LogP contribution in [0.5, 0.6) is 0 Å². The smallest absolute Gasteiger partial charge is 0.238 e. The van der Waals surface area contributed by atoms with Crippen LogP contribution in [0.15, 0.2) is 18.2 Å². The van der Waals surface area contributed by atoms with Gasteiger partial charge in [0.2, 0.25) is 5.91 Å². The number of carbonyl (C=O) groups excluding carboxylic acids is 1. The van der Waals surface area contributed by atoms with Crippen molar-refractivity contribution in [2.75, 3.05) is 0 Å². The van der Waals surface area contributed by atoms with E-state index < -0.39 is 15.1 Å². The predicted octanol–water partition coefficient (Wildman–Crippen LogP) is 3.30. The molecule has 0 aromatic heterocycles. The standard InChI is InChI=1S/C19H29NO3S/c1-13-9-10-14(2)17(11-13)12-24(22,23)16(4)19(21)20-18-8-6-5-7-15(18)3/h9-11,15-16,18H,5-8,12H2,1-4H3,(H,20,21)/t15-,16-,18+/m1/s1. The number of aryl methyl sites for hydroxylation is 2. The van der Waals surface area contributed by atoms with E-state index in [0.29, 0.717) is 5.92 Å². The molecule has 5 heteroatoms. The van der Waals surface area contributed by atoms with Crippen LogP contribution in [0.1, 0.15) is 56.2 Å². The van der Waals surface area contributed by atoms with E-state index in [1.54, 1.807) is 0 Å². The van der Waals surface area contributed by atoms with Gasteiger partial charge in [-0.15, -0.1) is 0 Å². The zero-order chi connectivity index (χ0) is 17.9. The Morgan fingerprint density at radius 3 is 2.58 bits per heavy atom. The van der Waals surface area contributed by atoms with Gasteiger partial charge < -0.3 is 5.32 Å². The molecular formula is C19H29NO3S. The molecule has 1 aliphatic carbocycles. The summed E-state index contributed by atoms with van der Waals surface area (Å²) in [7, 11) is -3.53. The number of benzene rings is 1. The van der Waals surface area contributed by atoms with Gasteiger partial charge in [-0.05, 0) is 50.7 Å². The average Bonchev–Trinajstić information content (AvgIpc) is 2.52. The van der Waals surface area contributed by atoms with Crippen LogP contribution in [0.2, 0.25) is 0 Å². The number of hydrogen-bond donors (Lipinski definition) is 1. The van der Waals surface area contributed by atoms with Crippen molar-refractivity contribution >= 4 is 15.7 Å². The van der Waals surface area contributed by atoms with Crippen molar-refractivity contribution in [2.45, 2.75) is 70.4 Å². The molecule has 1 amide bonds. The second-order valence-electron chi connectivity index (χ2n) is 7.26. The van der Waals surface area contributed by atoms with E-state index in [9.17, 15) is 13.2 Å². The second-order valence-corrected chi connectivity index (χ2v) is 9.58. The van der Waals surface area contributed by atoms with Crippen LogP contribution in [-0.4, -0.2) is 25.6 Å². The number of hydrogen-bond acceptors (Lipinski definition) is 3. The molecular weight excluding hydrogens is 322 g/mol. The van der Waals surface area contributed by atoms with Crippen molar-refractivity contribution in [3.63, 3.8) is 0 Å². The van der Waals surface area contributed by atoms with Crippen LogP contribution in [0.3, 0.4) is 0 Å². The molecule has 4 nitrogen and oxygen atoms in total. The molecule has 0 unspecified atom stereocenters. The van der Waals surface area contributed by atoms with E-state index in [1.165, 1.54) is 13.3 Å². The highest BCUT2D eigenvalue weighted by atomic mass is 32.2. The summed E-state index contributed by atoms with van der Waals surface area (Å²) in [6.45, 7) is 7.47. The highest BCUT2D eigenvalue weighted by Gasteiger charge is 2.31. The van der Waals surface area contributed by atoms with Crippen molar-refractivity contribution in [3.8, 4) is 0 Å². The molecule has 1 saturated carbocycles. The maximum Gasteiger partial charge on any atom is 0.238 e. The molecule has 3 atom stereocenters. The van der Waals surface area contributed by atoms with E-state index in [2.05, 4.69) is 12.2 Å². The summed E-state index contributed by atoms with van der Waals surface area (Å²) in [5.41, 5.74) is 2.75. The number of nitrogens with one attached hydrogen (secondary N) is 1. The Labute approximate surface area is 146 Å². The molecule has 0 aliphatic heterocycles. The van der Waals surface area contributed by atoms with Gasteiger partial charge >= 0.3 is 0 Å². The minimum absolute atomic E-state index is 0.0880. The molecule has 1 aromatic rings. The minimum atomic E-state index is -3.53. The topological polar surface area (TPSA) is 63.2 Å². The van der Waals surface area contributed by atoms with Crippen molar-refractivity contribution < 1.29 is 13.2 Å². The van der Waals surface area contributed by atoms with Gasteiger partial charge in [0, 0.05) is 6.04 Å². The quantitative estimate of drug-likeness (QED) is 0.885. The summed E-state index contributed by atoms with van der Waals surface area (Å²) in [6.07, 6.45) is 4.32. The lowest BCUT2D eigenvalue weighted by Crippen LogP contribution is -2.47. The van der Waals surface area contributed by atoms with E-state index >= 15 is 0 Å². The first-order chi connectivity index (χ1) is 11.2. The minimum Gasteiger partial charge on any atom is -0.352 e. The van der Waals surface area contributed by atoms with Gasteiger partial charge in [0.25, 0.3) is 0 Å². The number of rotatable bonds is 5. The summed E-state index contributed by atoms with van der Waals surface area (Å²) in [5.74, 6) is -0.0364. The lowest BCUT2D eigenvalue weighted by atomic mass is 9.86. The lowest BCUT2D eigenvalue weighted by Gasteiger charge is -2.30. The summed E-state index contributed by atoms with van der Waals surface area (Å²) >= 11 is 0. The maximum absolute atomic E-state index is 12.7. The van der Waals surface area contributed by atoms with Crippen LogP contribution in [0.25, 0.3) is 0 Å². The molecule has 1 aliphatic rings. The fourth-order valence-corrected chi connectivity index (χ4v) is 4.68. The summed E-state index contributed by atoms with van der Waals surface area (Å²) < 4.78 is 25.3. The van der Waals surface area contributed by atoms with E-state index in [-0.39, 0.29) is 17.7 Å². The SMILES string of the molecule is Cc1ccc(C)c(CS(=O)(=O)[C@H](C)C(=O)N[C@H]2CCCC[C@H]2C)c1. The third kappa shape index (κ3) is 4.59. The Hall–Kier alpha value is -1.36. The van der Waals surface area contributed by atoms with Crippen LogP contribution in [0, 0.1) is 19.8 Å². The molecule has 0 saturated heterocycles. The summed E-state index contributed by atoms with van der Waals surface area (Å²) in [6, 6.07) is 5.88. The highest BCUT2D eigenvalue weighted by molar-refractivity contribution is 7.92. The zero-order valence-corrected chi connectivity index (χ0v) is 15.9. The van der Waals surface area contributed by atoms with E-state index in [1.807, 2.05) is 32.0 Å². The summed E-state index contributed by atoms with van der Waals surface area (Å²) in [4.78, 5) is 12.5. The second kappa shape index (κ2) is 7.68. The Kier molecular flexibility index (Phi) is 6.07. The average molecular weight is 352 g/mol. The van der Waals surface area contributed by atoms with Gasteiger partial charge in [0.05, 0.1) is 5.75 Å². The largest absolute Gasteiger partial charge is 0.352 e. The van der Waals surface area contributed by atoms with E-state index in [4.69, 9.17) is 0 Å². The fraction of sp³-hybridized carbons (Fsp3) is 0.632. The molecule has 2 rings (SSSR count). The molecule has 0 heterocycles. The Morgan fingerprint density at radius 1 is 1.25 bits per heavy atom. The molecule has 1 N–H and O–H groups in total. The Bertz CT molecular complexity index is 697. The third-order valence-corrected chi connectivity index (χ3v) is 7.21. The molecule has 1 aromatic carbocycles. The van der Waals surface area contributed by atoms with Gasteiger partial charge in [0.15, 0.2) is 9.84 Å². The van der Waals surface area contributed by atoms with Gasteiger partial charge in [-0.3, -0.25) is 4.79 Å². The first-order valence-corrected chi connectivity index (χ1v) is 10.5. The van der Waals surface area contributed by atoms with Crippen molar-refractivity contribution in [1.82, 2.24) is 5.32 Å². The normalized spacial score (nSPS) is 22.8. The van der Waals surface area contributed by atoms with Gasteiger partial charge in [-0.2, -0.15) is 0 Å². The highest BCUT2D eigenvalue weighted by Crippen LogP contribution is 2.24. The first-order valence-electron chi connectivity index (χ1n) is 8.79. The van der Waals surface area contributed by atoms with Crippen LogP contribution < -0.4 is 5.32 Å². The predicted molar refractivity (Wildman–Crippen MR) is 97.6 cm³/mol. The zero-order valence-electron chi connectivity index (χ0n) is 15.1. The van der Waals surface area contributed by atoms with Gasteiger partial charge in [0.1, 0.15) is 5.25 Å². The van der Waals surface area contributed by atoms with Gasteiger partial charge in [-0.25, -0.2) is 8.42 Å². The third-order valence-electron chi connectivity index (χ3n) is 5.21. The Morgan fingerprint density at radius 2 is 1.92 bits per heavy atom. The molecule has 0 spiro atoms. The monoisotopic (exact) mass is 351 g/mol. The number of amides is 1. The fourth-order valence-electron chi connectivity index (χ4n) is 3.29. The first kappa shape index (κ1) is 19.0. The Balaban J connectivity index is 2.07. The van der Waals surface area contributed by atoms with Crippen molar-refractivity contribution in [3.05, 3.63) is 34.9 Å². The van der Waals surface area contributed by atoms with Crippen molar-refractivity contribution in [1.29, 1.82) is 0 Å². The number of carbonyl (C=O) groups is 1. The van der Waals surface area contributed by atoms with Crippen LogP contribution >= 0.6 is 0 Å². The number of sulfone groups is 1. The molecule has 0 bridgehead atoms. The molecule has 134 valence electrons. The van der Waals surface area contributed by atoms with Gasteiger partial charge in [-0.1, -0.05) is 43.5 Å². The summed E-state index contributed by atoms with van der Waals surface area (Å²) in [5, 5.41) is 1.95. The van der Waals surface area contributed by atoms with Crippen LogP contribution in [-0.2, 0) is 20.4 Å². The van der Waals surface area contributed by atoms with Crippen molar-refractivity contribution in [2.24, 2.45) is 5.92 Å². The van der Waals surface area contributed by atoms with Crippen LogP contribution in [0.4, 0.5) is 0 Å².